The highest BCUT2D eigenvalue weighted by atomic mass is 35.5. The number of rotatable bonds is 3. The average Bonchev–Trinajstić information content (AvgIpc) is 2.93. The molecule has 3 nitrogen and oxygen atoms in total. The predicted octanol–water partition coefficient (Wildman–Crippen LogP) is 4.62. The summed E-state index contributed by atoms with van der Waals surface area (Å²) in [5.41, 5.74) is 3.27. The van der Waals surface area contributed by atoms with Gasteiger partial charge in [-0.05, 0) is 37.4 Å². The molecule has 0 spiro atoms. The SMILES string of the molecule is CSc1nnc(-c2ccc(C)cc2)n1-c1ccc(Cl)cc1. The molecule has 0 aliphatic heterocycles. The molecular weight excluding hydrogens is 302 g/mol. The van der Waals surface area contributed by atoms with Crippen LogP contribution >= 0.6 is 23.4 Å². The summed E-state index contributed by atoms with van der Waals surface area (Å²) in [6, 6.07) is 16.0. The van der Waals surface area contributed by atoms with Crippen LogP contribution in [-0.4, -0.2) is 21.0 Å². The fourth-order valence-corrected chi connectivity index (χ4v) is 2.74. The Hall–Kier alpha value is -1.78. The van der Waals surface area contributed by atoms with Gasteiger partial charge < -0.3 is 0 Å². The molecule has 0 aliphatic carbocycles. The molecule has 1 aromatic heterocycles. The number of nitrogens with zero attached hydrogens (tertiary/aromatic N) is 3. The van der Waals surface area contributed by atoms with Crippen LogP contribution in [0.3, 0.4) is 0 Å². The van der Waals surface area contributed by atoms with Gasteiger partial charge in [-0.2, -0.15) is 0 Å². The normalized spacial score (nSPS) is 10.8. The summed E-state index contributed by atoms with van der Waals surface area (Å²) in [5, 5.41) is 10.2. The first-order chi connectivity index (χ1) is 10.2. The largest absolute Gasteiger partial charge is 0.270 e. The highest BCUT2D eigenvalue weighted by Crippen LogP contribution is 2.27. The van der Waals surface area contributed by atoms with Crippen molar-refractivity contribution in [1.82, 2.24) is 14.8 Å². The lowest BCUT2D eigenvalue weighted by Crippen LogP contribution is -1.99. The summed E-state index contributed by atoms with van der Waals surface area (Å²) in [7, 11) is 0. The summed E-state index contributed by atoms with van der Waals surface area (Å²) in [5.74, 6) is 0.835. The molecule has 0 N–H and O–H groups in total. The second kappa shape index (κ2) is 5.92. The molecule has 0 radical (unpaired) electrons. The van der Waals surface area contributed by atoms with Gasteiger partial charge in [0.2, 0.25) is 0 Å². The van der Waals surface area contributed by atoms with Crippen molar-refractivity contribution in [2.24, 2.45) is 0 Å². The maximum Gasteiger partial charge on any atom is 0.195 e. The molecule has 3 aromatic rings. The summed E-state index contributed by atoms with van der Waals surface area (Å²) < 4.78 is 2.05. The van der Waals surface area contributed by atoms with Gasteiger partial charge in [-0.25, -0.2) is 0 Å². The van der Waals surface area contributed by atoms with Gasteiger partial charge in [0.15, 0.2) is 11.0 Å². The zero-order chi connectivity index (χ0) is 14.8. The van der Waals surface area contributed by atoms with Crippen molar-refractivity contribution in [1.29, 1.82) is 0 Å². The molecule has 1 heterocycles. The molecule has 0 saturated carbocycles. The van der Waals surface area contributed by atoms with E-state index in [1.807, 2.05) is 35.1 Å². The van der Waals surface area contributed by atoms with Crippen molar-refractivity contribution in [3.05, 3.63) is 59.1 Å². The van der Waals surface area contributed by atoms with E-state index in [2.05, 4.69) is 41.4 Å². The summed E-state index contributed by atoms with van der Waals surface area (Å²) in [6.07, 6.45) is 2.00. The molecule has 106 valence electrons. The molecule has 0 atom stereocenters. The molecule has 0 fully saturated rings. The third-order valence-electron chi connectivity index (χ3n) is 3.21. The Balaban J connectivity index is 2.16. The van der Waals surface area contributed by atoms with Gasteiger partial charge in [0.25, 0.3) is 0 Å². The molecule has 0 saturated heterocycles. The maximum absolute atomic E-state index is 5.98. The zero-order valence-corrected chi connectivity index (χ0v) is 13.3. The first-order valence-corrected chi connectivity index (χ1v) is 8.11. The van der Waals surface area contributed by atoms with E-state index in [0.29, 0.717) is 0 Å². The van der Waals surface area contributed by atoms with Crippen LogP contribution in [0.4, 0.5) is 0 Å². The third-order valence-corrected chi connectivity index (χ3v) is 4.09. The number of hydrogen-bond acceptors (Lipinski definition) is 3. The minimum atomic E-state index is 0.717. The van der Waals surface area contributed by atoms with Gasteiger partial charge in [0, 0.05) is 16.3 Å². The van der Waals surface area contributed by atoms with Crippen molar-refractivity contribution in [2.45, 2.75) is 12.1 Å². The van der Waals surface area contributed by atoms with Crippen LogP contribution in [0.2, 0.25) is 5.02 Å². The van der Waals surface area contributed by atoms with Crippen LogP contribution in [0.25, 0.3) is 17.1 Å². The topological polar surface area (TPSA) is 30.7 Å². The Morgan fingerprint density at radius 3 is 2.24 bits per heavy atom. The van der Waals surface area contributed by atoms with Crippen molar-refractivity contribution >= 4 is 23.4 Å². The Morgan fingerprint density at radius 2 is 1.62 bits per heavy atom. The van der Waals surface area contributed by atoms with Crippen molar-refractivity contribution in [3.63, 3.8) is 0 Å². The fraction of sp³-hybridized carbons (Fsp3) is 0.125. The van der Waals surface area contributed by atoms with Gasteiger partial charge in [0.1, 0.15) is 0 Å². The highest BCUT2D eigenvalue weighted by Gasteiger charge is 2.14. The van der Waals surface area contributed by atoms with E-state index >= 15 is 0 Å². The number of aromatic nitrogens is 3. The maximum atomic E-state index is 5.98. The highest BCUT2D eigenvalue weighted by molar-refractivity contribution is 7.98. The van der Waals surface area contributed by atoms with E-state index in [1.165, 1.54) is 5.56 Å². The standard InChI is InChI=1S/C16H14ClN3S/c1-11-3-5-12(6-4-11)15-18-19-16(21-2)20(15)14-9-7-13(17)8-10-14/h3-10H,1-2H3. The van der Waals surface area contributed by atoms with E-state index in [9.17, 15) is 0 Å². The number of hydrogen-bond donors (Lipinski definition) is 0. The molecule has 21 heavy (non-hydrogen) atoms. The van der Waals surface area contributed by atoms with Crippen LogP contribution in [-0.2, 0) is 0 Å². The van der Waals surface area contributed by atoms with Crippen molar-refractivity contribution in [2.75, 3.05) is 6.26 Å². The van der Waals surface area contributed by atoms with Crippen LogP contribution in [0.1, 0.15) is 5.56 Å². The molecule has 0 bridgehead atoms. The van der Waals surface area contributed by atoms with Crippen LogP contribution in [0, 0.1) is 6.92 Å². The third kappa shape index (κ3) is 2.82. The lowest BCUT2D eigenvalue weighted by molar-refractivity contribution is 0.889. The minimum absolute atomic E-state index is 0.717. The summed E-state index contributed by atoms with van der Waals surface area (Å²) in [6.45, 7) is 2.07. The lowest BCUT2D eigenvalue weighted by atomic mass is 10.1. The molecule has 0 unspecified atom stereocenters. The van der Waals surface area contributed by atoms with Gasteiger partial charge in [0.05, 0.1) is 0 Å². The monoisotopic (exact) mass is 315 g/mol. The zero-order valence-electron chi connectivity index (χ0n) is 11.7. The molecule has 0 aliphatic rings. The fourth-order valence-electron chi connectivity index (χ4n) is 2.11. The Kier molecular flexibility index (Phi) is 3.99. The lowest BCUT2D eigenvalue weighted by Gasteiger charge is -2.09. The Labute approximate surface area is 133 Å². The molecule has 5 heteroatoms. The van der Waals surface area contributed by atoms with Gasteiger partial charge in [-0.15, -0.1) is 10.2 Å². The van der Waals surface area contributed by atoms with E-state index in [1.54, 1.807) is 11.8 Å². The minimum Gasteiger partial charge on any atom is -0.270 e. The molecule has 0 amide bonds. The van der Waals surface area contributed by atoms with E-state index in [4.69, 9.17) is 11.6 Å². The number of thioether (sulfide) groups is 1. The van der Waals surface area contributed by atoms with Crippen molar-refractivity contribution in [3.8, 4) is 17.1 Å². The second-order valence-corrected chi connectivity index (χ2v) is 5.90. The summed E-state index contributed by atoms with van der Waals surface area (Å²) >= 11 is 7.54. The van der Waals surface area contributed by atoms with E-state index in [0.717, 1.165) is 27.3 Å². The van der Waals surface area contributed by atoms with Gasteiger partial charge >= 0.3 is 0 Å². The first-order valence-electron chi connectivity index (χ1n) is 6.51. The number of aryl methyl sites for hydroxylation is 1. The first kappa shape index (κ1) is 14.2. The van der Waals surface area contributed by atoms with E-state index in [-0.39, 0.29) is 0 Å². The quantitative estimate of drug-likeness (QED) is 0.661. The summed E-state index contributed by atoms with van der Waals surface area (Å²) in [4.78, 5) is 0. The smallest absolute Gasteiger partial charge is 0.195 e. The Morgan fingerprint density at radius 1 is 0.952 bits per heavy atom. The second-order valence-electron chi connectivity index (χ2n) is 4.69. The van der Waals surface area contributed by atoms with E-state index < -0.39 is 0 Å². The molecular formula is C16H14ClN3S. The van der Waals surface area contributed by atoms with Crippen LogP contribution < -0.4 is 0 Å². The predicted molar refractivity (Wildman–Crippen MR) is 88.3 cm³/mol. The Bertz CT molecular complexity index is 748. The van der Waals surface area contributed by atoms with Crippen molar-refractivity contribution < 1.29 is 0 Å². The van der Waals surface area contributed by atoms with Crippen LogP contribution in [0.15, 0.2) is 53.7 Å². The van der Waals surface area contributed by atoms with Gasteiger partial charge in [-0.3, -0.25) is 4.57 Å². The number of benzene rings is 2. The molecule has 2 aromatic carbocycles. The average molecular weight is 316 g/mol. The van der Waals surface area contributed by atoms with Crippen LogP contribution in [0.5, 0.6) is 0 Å². The van der Waals surface area contributed by atoms with Gasteiger partial charge in [-0.1, -0.05) is 53.2 Å². The number of halogens is 1. The molecule has 3 rings (SSSR count).